The van der Waals surface area contributed by atoms with Crippen LogP contribution in [0.5, 0.6) is 0 Å². The minimum absolute atomic E-state index is 0.351. The van der Waals surface area contributed by atoms with Gasteiger partial charge in [0.1, 0.15) is 6.10 Å². The standard InChI is InChI=1S/C26H26O2/c1-4-20-6-10-23(11-7-20)24-12-14-25(15-13-24)26(28-27)17-16-22-9-8-21(5-2)18-19(22)3/h4-15,18,26-27H,1-2,16-17H2,3H3. The highest BCUT2D eigenvalue weighted by Crippen LogP contribution is 2.27. The molecule has 2 heteroatoms. The SMILES string of the molecule is C=Cc1ccc(-c2ccc(C(CCc3ccc(C=C)cc3C)OO)cc2)cc1. The van der Waals surface area contributed by atoms with E-state index in [9.17, 15) is 5.26 Å². The van der Waals surface area contributed by atoms with Gasteiger partial charge in [-0.15, -0.1) is 0 Å². The molecule has 1 unspecified atom stereocenters. The van der Waals surface area contributed by atoms with Gasteiger partial charge in [-0.1, -0.05) is 92.0 Å². The Morgan fingerprint density at radius 2 is 1.43 bits per heavy atom. The first kappa shape index (κ1) is 19.8. The van der Waals surface area contributed by atoms with Crippen LogP contribution in [0.15, 0.2) is 79.9 Å². The smallest absolute Gasteiger partial charge is 0.118 e. The van der Waals surface area contributed by atoms with Gasteiger partial charge in [-0.3, -0.25) is 5.26 Å². The van der Waals surface area contributed by atoms with Crippen LogP contribution in [0.4, 0.5) is 0 Å². The van der Waals surface area contributed by atoms with Gasteiger partial charge in [-0.25, -0.2) is 4.89 Å². The van der Waals surface area contributed by atoms with Crippen molar-refractivity contribution in [1.29, 1.82) is 0 Å². The molecule has 3 rings (SSSR count). The Labute approximate surface area is 167 Å². The molecule has 0 radical (unpaired) electrons. The summed E-state index contributed by atoms with van der Waals surface area (Å²) >= 11 is 0. The zero-order valence-corrected chi connectivity index (χ0v) is 16.3. The van der Waals surface area contributed by atoms with Crippen molar-refractivity contribution >= 4 is 12.2 Å². The van der Waals surface area contributed by atoms with Crippen LogP contribution in [0.1, 0.15) is 40.3 Å². The van der Waals surface area contributed by atoms with E-state index < -0.39 is 0 Å². The lowest BCUT2D eigenvalue weighted by atomic mass is 9.96. The van der Waals surface area contributed by atoms with E-state index in [2.05, 4.69) is 74.7 Å². The zero-order chi connectivity index (χ0) is 19.9. The Morgan fingerprint density at radius 1 is 0.857 bits per heavy atom. The lowest BCUT2D eigenvalue weighted by molar-refractivity contribution is -0.283. The molecule has 0 saturated carbocycles. The second kappa shape index (κ2) is 9.32. The maximum Gasteiger partial charge on any atom is 0.118 e. The van der Waals surface area contributed by atoms with Crippen LogP contribution < -0.4 is 0 Å². The number of rotatable bonds is 8. The number of hydrogen-bond acceptors (Lipinski definition) is 2. The van der Waals surface area contributed by atoms with E-state index in [4.69, 9.17) is 4.89 Å². The predicted molar refractivity (Wildman–Crippen MR) is 118 cm³/mol. The molecule has 3 aromatic carbocycles. The highest BCUT2D eigenvalue weighted by molar-refractivity contribution is 5.65. The van der Waals surface area contributed by atoms with E-state index in [-0.39, 0.29) is 6.10 Å². The Hall–Kier alpha value is -2.94. The monoisotopic (exact) mass is 370 g/mol. The number of benzene rings is 3. The van der Waals surface area contributed by atoms with Crippen molar-refractivity contribution in [3.63, 3.8) is 0 Å². The van der Waals surface area contributed by atoms with Gasteiger partial charge in [0.05, 0.1) is 0 Å². The Kier molecular flexibility index (Phi) is 6.59. The van der Waals surface area contributed by atoms with Gasteiger partial charge in [-0.2, -0.15) is 0 Å². The van der Waals surface area contributed by atoms with Crippen LogP contribution >= 0.6 is 0 Å². The molecule has 0 saturated heterocycles. The van der Waals surface area contributed by atoms with Crippen LogP contribution in [-0.2, 0) is 11.3 Å². The van der Waals surface area contributed by atoms with E-state index in [0.717, 1.165) is 34.2 Å². The first-order valence-corrected chi connectivity index (χ1v) is 9.49. The molecule has 0 fully saturated rings. The number of hydrogen-bond donors (Lipinski definition) is 1. The molecular weight excluding hydrogens is 344 g/mol. The molecule has 28 heavy (non-hydrogen) atoms. The van der Waals surface area contributed by atoms with Crippen molar-refractivity contribution < 1.29 is 10.1 Å². The van der Waals surface area contributed by atoms with E-state index in [1.54, 1.807) is 0 Å². The molecule has 0 aromatic heterocycles. The van der Waals surface area contributed by atoms with Gasteiger partial charge in [0.2, 0.25) is 0 Å². The topological polar surface area (TPSA) is 29.5 Å². The Balaban J connectivity index is 1.70. The van der Waals surface area contributed by atoms with Crippen molar-refractivity contribution in [3.05, 3.63) is 108 Å². The highest BCUT2D eigenvalue weighted by atomic mass is 17.1. The van der Waals surface area contributed by atoms with E-state index >= 15 is 0 Å². The van der Waals surface area contributed by atoms with Gasteiger partial charge in [0.25, 0.3) is 0 Å². The normalized spacial score (nSPS) is 11.8. The summed E-state index contributed by atoms with van der Waals surface area (Å²) in [5.41, 5.74) is 7.95. The second-order valence-electron chi connectivity index (χ2n) is 6.97. The van der Waals surface area contributed by atoms with Crippen molar-refractivity contribution in [1.82, 2.24) is 0 Å². The molecule has 0 spiro atoms. The maximum absolute atomic E-state index is 9.43. The first-order chi connectivity index (χ1) is 13.6. The summed E-state index contributed by atoms with van der Waals surface area (Å²) in [5.74, 6) is 0. The fourth-order valence-electron chi connectivity index (χ4n) is 3.40. The van der Waals surface area contributed by atoms with Crippen molar-refractivity contribution in [2.24, 2.45) is 0 Å². The van der Waals surface area contributed by atoms with Crippen LogP contribution in [0.3, 0.4) is 0 Å². The van der Waals surface area contributed by atoms with Crippen LogP contribution in [-0.4, -0.2) is 5.26 Å². The predicted octanol–water partition coefficient (Wildman–Crippen LogP) is 7.11. The van der Waals surface area contributed by atoms with Crippen LogP contribution in [0.2, 0.25) is 0 Å². The molecule has 1 atom stereocenters. The van der Waals surface area contributed by atoms with Crippen molar-refractivity contribution in [2.75, 3.05) is 0 Å². The minimum atomic E-state index is -0.351. The largest absolute Gasteiger partial charge is 0.251 e. The van der Waals surface area contributed by atoms with E-state index in [1.165, 1.54) is 11.1 Å². The second-order valence-corrected chi connectivity index (χ2v) is 6.97. The Bertz CT molecular complexity index is 937. The summed E-state index contributed by atoms with van der Waals surface area (Å²) in [7, 11) is 0. The molecule has 3 aromatic rings. The summed E-state index contributed by atoms with van der Waals surface area (Å²) in [6, 6.07) is 22.8. The maximum atomic E-state index is 9.43. The van der Waals surface area contributed by atoms with E-state index in [1.807, 2.05) is 24.3 Å². The van der Waals surface area contributed by atoms with E-state index in [0.29, 0.717) is 6.42 Å². The third-order valence-electron chi connectivity index (χ3n) is 5.17. The third-order valence-corrected chi connectivity index (χ3v) is 5.17. The average Bonchev–Trinajstić information content (AvgIpc) is 2.75. The molecule has 0 amide bonds. The average molecular weight is 370 g/mol. The van der Waals surface area contributed by atoms with Crippen LogP contribution in [0, 0.1) is 6.92 Å². The third kappa shape index (κ3) is 4.66. The Morgan fingerprint density at radius 3 is 1.96 bits per heavy atom. The summed E-state index contributed by atoms with van der Waals surface area (Å²) in [4.78, 5) is 4.79. The van der Waals surface area contributed by atoms with Crippen LogP contribution in [0.25, 0.3) is 23.3 Å². The van der Waals surface area contributed by atoms with Gasteiger partial charge in [-0.05, 0) is 58.7 Å². The van der Waals surface area contributed by atoms with Gasteiger partial charge in [0, 0.05) is 0 Å². The fourth-order valence-corrected chi connectivity index (χ4v) is 3.40. The van der Waals surface area contributed by atoms with Crippen molar-refractivity contribution in [2.45, 2.75) is 25.9 Å². The summed E-state index contributed by atoms with van der Waals surface area (Å²) in [6.07, 6.45) is 4.87. The summed E-state index contributed by atoms with van der Waals surface area (Å²) in [5, 5.41) is 9.43. The fraction of sp³-hybridized carbons (Fsp3) is 0.154. The zero-order valence-electron chi connectivity index (χ0n) is 16.3. The minimum Gasteiger partial charge on any atom is -0.251 e. The molecule has 0 aliphatic carbocycles. The van der Waals surface area contributed by atoms with Gasteiger partial charge in [0.15, 0.2) is 0 Å². The quantitative estimate of drug-likeness (QED) is 0.338. The van der Waals surface area contributed by atoms with Gasteiger partial charge < -0.3 is 0 Å². The molecule has 2 nitrogen and oxygen atoms in total. The van der Waals surface area contributed by atoms with Crippen molar-refractivity contribution in [3.8, 4) is 11.1 Å². The molecular formula is C26H26O2. The molecule has 0 aliphatic heterocycles. The van der Waals surface area contributed by atoms with Gasteiger partial charge >= 0.3 is 0 Å². The molecule has 0 aliphatic rings. The summed E-state index contributed by atoms with van der Waals surface area (Å²) < 4.78 is 0. The first-order valence-electron chi connectivity index (χ1n) is 9.49. The summed E-state index contributed by atoms with van der Waals surface area (Å²) in [6.45, 7) is 9.69. The lowest BCUT2D eigenvalue weighted by Gasteiger charge is -2.15. The highest BCUT2D eigenvalue weighted by Gasteiger charge is 2.13. The molecule has 0 heterocycles. The number of aryl methyl sites for hydroxylation is 2. The lowest BCUT2D eigenvalue weighted by Crippen LogP contribution is -2.04. The molecule has 0 bridgehead atoms. The molecule has 1 N–H and O–H groups in total. The molecule has 142 valence electrons.